The van der Waals surface area contributed by atoms with Crippen molar-refractivity contribution in [2.75, 3.05) is 19.8 Å². The highest BCUT2D eigenvalue weighted by Crippen LogP contribution is 2.26. The first-order chi connectivity index (χ1) is 7.06. The first-order valence-electron chi connectivity index (χ1n) is 5.60. The number of hydrogen-bond acceptors (Lipinski definition) is 3. The Morgan fingerprint density at radius 1 is 1.47 bits per heavy atom. The van der Waals surface area contributed by atoms with Gasteiger partial charge < -0.3 is 14.8 Å². The van der Waals surface area contributed by atoms with Gasteiger partial charge in [0, 0.05) is 19.4 Å². The first kappa shape index (κ1) is 12.5. The Labute approximate surface area is 91.3 Å². The monoisotopic (exact) mass is 215 g/mol. The molecule has 1 fully saturated rings. The van der Waals surface area contributed by atoms with Crippen molar-refractivity contribution in [2.24, 2.45) is 5.92 Å². The Balaban J connectivity index is 2.23. The van der Waals surface area contributed by atoms with E-state index in [-0.39, 0.29) is 5.91 Å². The minimum Gasteiger partial charge on any atom is -0.356 e. The molecule has 1 aliphatic rings. The van der Waals surface area contributed by atoms with Gasteiger partial charge >= 0.3 is 0 Å². The lowest BCUT2D eigenvalue weighted by atomic mass is 10.0. The highest BCUT2D eigenvalue weighted by Gasteiger charge is 2.32. The molecule has 4 heteroatoms. The van der Waals surface area contributed by atoms with Crippen LogP contribution < -0.4 is 5.32 Å². The third kappa shape index (κ3) is 4.18. The lowest BCUT2D eigenvalue weighted by Crippen LogP contribution is -2.34. The summed E-state index contributed by atoms with van der Waals surface area (Å²) in [6, 6.07) is 0. The van der Waals surface area contributed by atoms with Crippen LogP contribution in [0.5, 0.6) is 0 Å². The molecule has 1 rings (SSSR count). The number of ether oxygens (including phenoxy) is 2. The van der Waals surface area contributed by atoms with Gasteiger partial charge in [-0.2, -0.15) is 0 Å². The molecule has 15 heavy (non-hydrogen) atoms. The molecule has 0 spiro atoms. The van der Waals surface area contributed by atoms with Crippen LogP contribution in [0.15, 0.2) is 0 Å². The molecule has 0 saturated carbocycles. The summed E-state index contributed by atoms with van der Waals surface area (Å²) in [5.74, 6) is 0.0139. The molecule has 1 amide bonds. The topological polar surface area (TPSA) is 47.6 Å². The van der Waals surface area contributed by atoms with E-state index in [9.17, 15) is 4.79 Å². The molecular formula is C11H21NO3. The molecule has 0 unspecified atom stereocenters. The average molecular weight is 215 g/mol. The van der Waals surface area contributed by atoms with Crippen LogP contribution in [-0.2, 0) is 14.3 Å². The van der Waals surface area contributed by atoms with Gasteiger partial charge in [-0.05, 0) is 12.8 Å². The Bertz CT molecular complexity index is 212. The zero-order valence-corrected chi connectivity index (χ0v) is 9.84. The number of carbonyl (C=O) groups excluding carboxylic acids is 1. The van der Waals surface area contributed by atoms with Crippen LogP contribution >= 0.6 is 0 Å². The second-order valence-corrected chi connectivity index (χ2v) is 4.30. The number of carbonyl (C=O) groups is 1. The molecule has 88 valence electrons. The van der Waals surface area contributed by atoms with Gasteiger partial charge in [-0.1, -0.05) is 13.8 Å². The van der Waals surface area contributed by atoms with E-state index in [1.165, 1.54) is 0 Å². The first-order valence-corrected chi connectivity index (χ1v) is 5.60. The quantitative estimate of drug-likeness (QED) is 0.752. The molecule has 0 aliphatic carbocycles. The fraction of sp³-hybridized carbons (Fsp3) is 0.909. The van der Waals surface area contributed by atoms with Crippen molar-refractivity contribution >= 4 is 5.91 Å². The summed E-state index contributed by atoms with van der Waals surface area (Å²) < 4.78 is 11.0. The lowest BCUT2D eigenvalue weighted by molar-refractivity contribution is -0.154. The summed E-state index contributed by atoms with van der Waals surface area (Å²) >= 11 is 0. The summed E-state index contributed by atoms with van der Waals surface area (Å²) in [6.07, 6.45) is 1.36. The Kier molecular flexibility index (Phi) is 4.54. The summed E-state index contributed by atoms with van der Waals surface area (Å²) in [4.78, 5) is 11.1. The molecule has 0 bridgehead atoms. The molecule has 1 aliphatic heterocycles. The van der Waals surface area contributed by atoms with Gasteiger partial charge in [-0.3, -0.25) is 4.79 Å². The number of rotatable bonds is 5. The number of nitrogens with one attached hydrogen (secondary N) is 1. The van der Waals surface area contributed by atoms with Crippen LogP contribution in [0.3, 0.4) is 0 Å². The van der Waals surface area contributed by atoms with Crippen LogP contribution in [0.2, 0.25) is 0 Å². The maximum atomic E-state index is 11.1. The van der Waals surface area contributed by atoms with E-state index in [2.05, 4.69) is 12.2 Å². The van der Waals surface area contributed by atoms with Crippen molar-refractivity contribution in [2.45, 2.75) is 39.4 Å². The van der Waals surface area contributed by atoms with E-state index in [1.807, 2.05) is 13.8 Å². The molecule has 1 N–H and O–H groups in total. The predicted octanol–water partition coefficient (Wildman–Crippen LogP) is 1.30. The fourth-order valence-electron chi connectivity index (χ4n) is 1.79. The van der Waals surface area contributed by atoms with Gasteiger partial charge in [0.25, 0.3) is 0 Å². The molecule has 0 aromatic heterocycles. The molecule has 1 atom stereocenters. The molecule has 0 aromatic carbocycles. The van der Waals surface area contributed by atoms with Gasteiger partial charge in [0.15, 0.2) is 5.79 Å². The minimum atomic E-state index is -0.448. The maximum Gasteiger partial charge on any atom is 0.219 e. The molecule has 1 heterocycles. The summed E-state index contributed by atoms with van der Waals surface area (Å²) in [5, 5.41) is 2.87. The summed E-state index contributed by atoms with van der Waals surface area (Å²) in [6.45, 7) is 7.93. The number of hydrogen-bond donors (Lipinski definition) is 1. The minimum absolute atomic E-state index is 0.0975. The molecule has 0 aromatic rings. The zero-order valence-electron chi connectivity index (χ0n) is 9.84. The molecule has 4 nitrogen and oxygen atoms in total. The van der Waals surface area contributed by atoms with Gasteiger partial charge in [0.05, 0.1) is 13.2 Å². The van der Waals surface area contributed by atoms with Gasteiger partial charge in [0.2, 0.25) is 5.91 Å². The molecular weight excluding hydrogens is 194 g/mol. The average Bonchev–Trinajstić information content (AvgIpc) is 2.61. The Hall–Kier alpha value is -0.610. The number of amides is 1. The Morgan fingerprint density at radius 2 is 2.07 bits per heavy atom. The highest BCUT2D eigenvalue weighted by atomic mass is 16.7. The van der Waals surface area contributed by atoms with E-state index >= 15 is 0 Å². The van der Waals surface area contributed by atoms with E-state index in [4.69, 9.17) is 9.47 Å². The highest BCUT2D eigenvalue weighted by molar-refractivity contribution is 5.75. The second kappa shape index (κ2) is 5.47. The normalized spacial score (nSPS) is 21.3. The van der Waals surface area contributed by atoms with E-state index in [1.54, 1.807) is 0 Å². The zero-order chi connectivity index (χ0) is 11.3. The van der Waals surface area contributed by atoms with Crippen LogP contribution in [-0.4, -0.2) is 31.5 Å². The maximum absolute atomic E-state index is 11.1. The van der Waals surface area contributed by atoms with Crippen LogP contribution in [0.1, 0.15) is 33.6 Å². The largest absolute Gasteiger partial charge is 0.356 e. The SMILES string of the molecule is CCC(=O)NC[C@@H](C)CC1(C)OCCO1. The Morgan fingerprint density at radius 3 is 2.60 bits per heavy atom. The predicted molar refractivity (Wildman–Crippen MR) is 57.4 cm³/mol. The fourth-order valence-corrected chi connectivity index (χ4v) is 1.79. The summed E-state index contributed by atoms with van der Waals surface area (Å²) in [7, 11) is 0. The third-order valence-corrected chi connectivity index (χ3v) is 2.59. The lowest BCUT2D eigenvalue weighted by Gasteiger charge is -2.25. The van der Waals surface area contributed by atoms with Crippen molar-refractivity contribution < 1.29 is 14.3 Å². The van der Waals surface area contributed by atoms with Gasteiger partial charge in [-0.25, -0.2) is 0 Å². The second-order valence-electron chi connectivity index (χ2n) is 4.30. The third-order valence-electron chi connectivity index (χ3n) is 2.59. The van der Waals surface area contributed by atoms with Gasteiger partial charge in [0.1, 0.15) is 0 Å². The standard InChI is InChI=1S/C11H21NO3/c1-4-10(13)12-8-9(2)7-11(3)14-5-6-15-11/h9H,4-8H2,1-3H3,(H,12,13)/t9-/m0/s1. The molecule has 1 saturated heterocycles. The van der Waals surface area contributed by atoms with Crippen LogP contribution in [0.25, 0.3) is 0 Å². The van der Waals surface area contributed by atoms with Crippen LogP contribution in [0, 0.1) is 5.92 Å². The van der Waals surface area contributed by atoms with Crippen LogP contribution in [0.4, 0.5) is 0 Å². The smallest absolute Gasteiger partial charge is 0.219 e. The van der Waals surface area contributed by atoms with Crippen molar-refractivity contribution in [1.29, 1.82) is 0 Å². The summed E-state index contributed by atoms with van der Waals surface area (Å²) in [5.41, 5.74) is 0. The van der Waals surface area contributed by atoms with Crippen molar-refractivity contribution in [1.82, 2.24) is 5.32 Å². The van der Waals surface area contributed by atoms with Crippen molar-refractivity contribution in [3.05, 3.63) is 0 Å². The van der Waals surface area contributed by atoms with Crippen molar-refractivity contribution in [3.8, 4) is 0 Å². The van der Waals surface area contributed by atoms with E-state index < -0.39 is 5.79 Å². The van der Waals surface area contributed by atoms with E-state index in [0.717, 1.165) is 6.42 Å². The van der Waals surface area contributed by atoms with E-state index in [0.29, 0.717) is 32.1 Å². The van der Waals surface area contributed by atoms with Crippen molar-refractivity contribution in [3.63, 3.8) is 0 Å². The van der Waals surface area contributed by atoms with Gasteiger partial charge in [-0.15, -0.1) is 0 Å². The molecule has 0 radical (unpaired) electrons.